The molecule has 34 heavy (non-hydrogen) atoms. The van der Waals surface area contributed by atoms with Crippen LogP contribution in [-0.4, -0.2) is 50.4 Å². The van der Waals surface area contributed by atoms with Gasteiger partial charge in [-0.3, -0.25) is 34.2 Å². The maximum Gasteiger partial charge on any atom is 0.330 e. The van der Waals surface area contributed by atoms with Crippen LogP contribution in [0.25, 0.3) is 5.69 Å². The van der Waals surface area contributed by atoms with Crippen LogP contribution in [0.4, 0.5) is 17.2 Å². The number of carbonyl (C=O) groups excluding carboxylic acids is 1. The number of non-ortho nitro benzene ring substituents is 1. The van der Waals surface area contributed by atoms with E-state index in [1.54, 1.807) is 6.07 Å². The van der Waals surface area contributed by atoms with Crippen LogP contribution < -0.4 is 21.9 Å². The second-order valence-electron chi connectivity index (χ2n) is 7.87. The van der Waals surface area contributed by atoms with E-state index in [0.29, 0.717) is 5.69 Å². The number of nitro benzene ring substituents is 1. The second kappa shape index (κ2) is 10.1. The van der Waals surface area contributed by atoms with Gasteiger partial charge in [-0.05, 0) is 18.1 Å². The Hall–Kier alpha value is -4.26. The molecule has 1 aromatic carbocycles. The largest absolute Gasteiger partial charge is 0.383 e. The number of hydrogen-bond donors (Lipinski definition) is 2. The maximum absolute atomic E-state index is 13.4. The zero-order chi connectivity index (χ0) is 25.0. The van der Waals surface area contributed by atoms with Crippen LogP contribution in [0.1, 0.15) is 24.3 Å². The number of carbonyl (C=O) groups is 1. The number of nitro groups is 1. The van der Waals surface area contributed by atoms with Crippen LogP contribution in [-0.2, 0) is 11.3 Å². The molecule has 2 heterocycles. The smallest absolute Gasteiger partial charge is 0.330 e. The van der Waals surface area contributed by atoms with Gasteiger partial charge >= 0.3 is 5.69 Å². The topological polar surface area (TPSA) is 171 Å². The molecule has 13 heteroatoms. The zero-order valence-electron chi connectivity index (χ0n) is 18.9. The van der Waals surface area contributed by atoms with Crippen molar-refractivity contribution in [3.05, 3.63) is 73.2 Å². The minimum absolute atomic E-state index is 0.0356. The summed E-state index contributed by atoms with van der Waals surface area (Å²) in [4.78, 5) is 52.2. The molecule has 0 aliphatic heterocycles. The standard InChI is InChI=1S/C21H25N7O6/c1-13(2)12-26-18(22)17(19(29)23-21(26)31)25(9-10-34-3)20(30)16-7-8-27(24-16)14-5-4-6-15(11-14)28(32)33/h4-8,11,13H,9-10,12,22H2,1-3H3,(H,23,29,31). The normalized spacial score (nSPS) is 11.1. The number of nitrogens with zero attached hydrogens (tertiary/aromatic N) is 5. The van der Waals surface area contributed by atoms with Crippen molar-refractivity contribution >= 4 is 23.1 Å². The van der Waals surface area contributed by atoms with E-state index in [2.05, 4.69) is 10.1 Å². The van der Waals surface area contributed by atoms with Gasteiger partial charge in [0.1, 0.15) is 5.82 Å². The fourth-order valence-electron chi connectivity index (χ4n) is 3.35. The summed E-state index contributed by atoms with van der Waals surface area (Å²) in [5.41, 5.74) is 4.71. The van der Waals surface area contributed by atoms with E-state index in [-0.39, 0.29) is 48.5 Å². The van der Waals surface area contributed by atoms with E-state index in [0.717, 1.165) is 4.90 Å². The molecule has 0 fully saturated rings. The Morgan fingerprint density at radius 1 is 1.32 bits per heavy atom. The van der Waals surface area contributed by atoms with Gasteiger partial charge in [0, 0.05) is 38.5 Å². The molecule has 1 amide bonds. The lowest BCUT2D eigenvalue weighted by atomic mass is 10.2. The van der Waals surface area contributed by atoms with Gasteiger partial charge in [-0.1, -0.05) is 19.9 Å². The fourth-order valence-corrected chi connectivity index (χ4v) is 3.35. The predicted octanol–water partition coefficient (Wildman–Crippen LogP) is 1.16. The van der Waals surface area contributed by atoms with Gasteiger partial charge in [-0.25, -0.2) is 9.48 Å². The quantitative estimate of drug-likeness (QED) is 0.346. The molecule has 0 saturated heterocycles. The van der Waals surface area contributed by atoms with Crippen LogP contribution in [0.3, 0.4) is 0 Å². The van der Waals surface area contributed by atoms with E-state index < -0.39 is 22.1 Å². The Morgan fingerprint density at radius 3 is 2.71 bits per heavy atom. The number of rotatable bonds is 9. The molecule has 0 bridgehead atoms. The van der Waals surface area contributed by atoms with Crippen molar-refractivity contribution < 1.29 is 14.5 Å². The number of nitrogens with two attached hydrogens (primary N) is 1. The van der Waals surface area contributed by atoms with E-state index in [1.807, 2.05) is 13.8 Å². The predicted molar refractivity (Wildman–Crippen MR) is 124 cm³/mol. The summed E-state index contributed by atoms with van der Waals surface area (Å²) in [5.74, 6) is -0.759. The Balaban J connectivity index is 2.05. The van der Waals surface area contributed by atoms with Crippen LogP contribution in [0.15, 0.2) is 46.1 Å². The minimum atomic E-state index is -0.815. The van der Waals surface area contributed by atoms with Crippen molar-refractivity contribution in [1.82, 2.24) is 19.3 Å². The molecule has 0 saturated carbocycles. The lowest BCUT2D eigenvalue weighted by molar-refractivity contribution is -0.384. The van der Waals surface area contributed by atoms with Crippen LogP contribution >= 0.6 is 0 Å². The Morgan fingerprint density at radius 2 is 2.06 bits per heavy atom. The lowest BCUT2D eigenvalue weighted by Gasteiger charge is -2.24. The number of H-pyrrole nitrogens is 1. The molecule has 3 rings (SSSR count). The summed E-state index contributed by atoms with van der Waals surface area (Å²) < 4.78 is 7.60. The van der Waals surface area contributed by atoms with Crippen molar-refractivity contribution in [2.24, 2.45) is 5.92 Å². The summed E-state index contributed by atoms with van der Waals surface area (Å²) in [6.07, 6.45) is 1.47. The zero-order valence-corrected chi connectivity index (χ0v) is 18.9. The van der Waals surface area contributed by atoms with E-state index in [4.69, 9.17) is 10.5 Å². The first-order valence-corrected chi connectivity index (χ1v) is 10.4. The maximum atomic E-state index is 13.4. The van der Waals surface area contributed by atoms with Crippen LogP contribution in [0, 0.1) is 16.0 Å². The average Bonchev–Trinajstić information content (AvgIpc) is 3.28. The summed E-state index contributed by atoms with van der Waals surface area (Å²) in [6, 6.07) is 7.16. The summed E-state index contributed by atoms with van der Waals surface area (Å²) in [6.45, 7) is 4.05. The Bertz CT molecular complexity index is 1320. The number of nitrogens with one attached hydrogen (secondary N) is 1. The molecule has 3 aromatic rings. The van der Waals surface area contributed by atoms with E-state index in [1.165, 1.54) is 46.8 Å². The lowest BCUT2D eigenvalue weighted by Crippen LogP contribution is -2.43. The van der Waals surface area contributed by atoms with Crippen molar-refractivity contribution in [1.29, 1.82) is 0 Å². The fraction of sp³-hybridized carbons (Fsp3) is 0.333. The third kappa shape index (κ3) is 5.04. The molecule has 2 aromatic heterocycles. The highest BCUT2D eigenvalue weighted by atomic mass is 16.6. The SMILES string of the molecule is COCCN(C(=O)c1ccn(-c2cccc([N+](=O)[O-])c2)n1)c1c(N)n(CC(C)C)c(=O)[nH]c1=O. The molecule has 0 aliphatic carbocycles. The second-order valence-corrected chi connectivity index (χ2v) is 7.87. The number of aromatic amines is 1. The molecule has 0 spiro atoms. The van der Waals surface area contributed by atoms with E-state index in [9.17, 15) is 24.5 Å². The number of amides is 1. The molecule has 13 nitrogen and oxygen atoms in total. The highest BCUT2D eigenvalue weighted by Gasteiger charge is 2.27. The number of benzene rings is 1. The summed E-state index contributed by atoms with van der Waals surface area (Å²) in [5, 5.41) is 15.3. The van der Waals surface area contributed by atoms with Gasteiger partial charge < -0.3 is 10.5 Å². The average molecular weight is 471 g/mol. The van der Waals surface area contributed by atoms with Crippen molar-refractivity contribution in [3.8, 4) is 5.69 Å². The third-order valence-corrected chi connectivity index (χ3v) is 4.91. The molecular weight excluding hydrogens is 446 g/mol. The highest BCUT2D eigenvalue weighted by Crippen LogP contribution is 2.21. The number of nitrogen functional groups attached to an aromatic ring is 1. The monoisotopic (exact) mass is 471 g/mol. The van der Waals surface area contributed by atoms with Gasteiger partial charge in [0.15, 0.2) is 11.4 Å². The molecule has 0 atom stereocenters. The van der Waals surface area contributed by atoms with Gasteiger partial charge in [0.05, 0.1) is 17.2 Å². The minimum Gasteiger partial charge on any atom is -0.383 e. The first kappa shape index (κ1) is 24.4. The molecule has 0 radical (unpaired) electrons. The van der Waals surface area contributed by atoms with Crippen molar-refractivity contribution in [3.63, 3.8) is 0 Å². The van der Waals surface area contributed by atoms with Crippen LogP contribution in [0.2, 0.25) is 0 Å². The Kier molecular flexibility index (Phi) is 7.26. The molecule has 0 unspecified atom stereocenters. The van der Waals surface area contributed by atoms with Gasteiger partial charge in [-0.2, -0.15) is 5.10 Å². The van der Waals surface area contributed by atoms with Gasteiger partial charge in [-0.15, -0.1) is 0 Å². The third-order valence-electron chi connectivity index (χ3n) is 4.91. The molecule has 0 aliphatic rings. The van der Waals surface area contributed by atoms with Gasteiger partial charge in [0.2, 0.25) is 0 Å². The van der Waals surface area contributed by atoms with Crippen molar-refractivity contribution in [2.45, 2.75) is 20.4 Å². The molecule has 3 N–H and O–H groups in total. The van der Waals surface area contributed by atoms with Crippen LogP contribution in [0.5, 0.6) is 0 Å². The summed E-state index contributed by atoms with van der Waals surface area (Å²) in [7, 11) is 1.44. The first-order valence-electron chi connectivity index (χ1n) is 10.4. The number of methoxy groups -OCH3 is 1. The number of anilines is 2. The molecule has 180 valence electrons. The van der Waals surface area contributed by atoms with Crippen molar-refractivity contribution in [2.75, 3.05) is 30.9 Å². The number of hydrogen-bond acceptors (Lipinski definition) is 8. The summed E-state index contributed by atoms with van der Waals surface area (Å²) >= 11 is 0. The molecular formula is C21H25N7O6. The van der Waals surface area contributed by atoms with E-state index >= 15 is 0 Å². The number of ether oxygens (including phenoxy) is 1. The number of aromatic nitrogens is 4. The van der Waals surface area contributed by atoms with Gasteiger partial charge in [0.25, 0.3) is 17.2 Å². The highest BCUT2D eigenvalue weighted by molar-refractivity contribution is 6.06. The Labute approximate surface area is 193 Å². The first-order chi connectivity index (χ1) is 16.1.